The van der Waals surface area contributed by atoms with Crippen molar-refractivity contribution in [1.82, 2.24) is 5.32 Å². The molecule has 0 radical (unpaired) electrons. The van der Waals surface area contributed by atoms with Crippen LogP contribution in [0.25, 0.3) is 0 Å². The summed E-state index contributed by atoms with van der Waals surface area (Å²) in [6.07, 6.45) is 0.720. The van der Waals surface area contributed by atoms with Gasteiger partial charge >= 0.3 is 0 Å². The Labute approximate surface area is 163 Å². The van der Waals surface area contributed by atoms with E-state index in [2.05, 4.69) is 10.0 Å². The summed E-state index contributed by atoms with van der Waals surface area (Å²) in [7, 11) is -3.90. The van der Waals surface area contributed by atoms with Crippen LogP contribution in [-0.4, -0.2) is 20.9 Å². The first kappa shape index (κ1) is 19.6. The largest absolute Gasteiger partial charge is 0.352 e. The van der Waals surface area contributed by atoms with Gasteiger partial charge in [-0.3, -0.25) is 9.52 Å². The van der Waals surface area contributed by atoms with E-state index in [4.69, 9.17) is 0 Å². The van der Waals surface area contributed by atoms with Gasteiger partial charge in [0.1, 0.15) is 5.82 Å². The highest BCUT2D eigenvalue weighted by atomic mass is 32.2. The number of carbonyl (C=O) groups is 1. The van der Waals surface area contributed by atoms with Crippen LogP contribution >= 0.6 is 0 Å². The molecule has 28 heavy (non-hydrogen) atoms. The molecule has 0 aromatic heterocycles. The topological polar surface area (TPSA) is 75.3 Å². The Bertz CT molecular complexity index is 1050. The summed E-state index contributed by atoms with van der Waals surface area (Å²) in [5.74, 6) is -0.874. The molecule has 0 saturated carbocycles. The van der Waals surface area contributed by atoms with Crippen LogP contribution in [0.1, 0.15) is 15.9 Å². The van der Waals surface area contributed by atoms with Crippen LogP contribution in [0.15, 0.2) is 83.8 Å². The van der Waals surface area contributed by atoms with E-state index in [0.717, 1.165) is 18.1 Å². The molecule has 5 nitrogen and oxygen atoms in total. The number of hydrogen-bond acceptors (Lipinski definition) is 3. The number of rotatable bonds is 7. The maximum atomic E-state index is 13.3. The molecular weight excluding hydrogens is 379 g/mol. The van der Waals surface area contributed by atoms with Gasteiger partial charge in [0, 0.05) is 17.8 Å². The van der Waals surface area contributed by atoms with Crippen LogP contribution in [-0.2, 0) is 16.4 Å². The predicted molar refractivity (Wildman–Crippen MR) is 106 cm³/mol. The van der Waals surface area contributed by atoms with Crippen molar-refractivity contribution in [1.29, 1.82) is 0 Å². The van der Waals surface area contributed by atoms with Crippen LogP contribution in [0, 0.1) is 5.82 Å². The van der Waals surface area contributed by atoms with E-state index >= 15 is 0 Å². The minimum absolute atomic E-state index is 0.171. The summed E-state index contributed by atoms with van der Waals surface area (Å²) in [5.41, 5.74) is 1.83. The fourth-order valence-electron chi connectivity index (χ4n) is 2.60. The van der Waals surface area contributed by atoms with Crippen molar-refractivity contribution in [3.8, 4) is 0 Å². The van der Waals surface area contributed by atoms with Crippen molar-refractivity contribution in [2.45, 2.75) is 11.3 Å². The minimum atomic E-state index is -3.90. The third kappa shape index (κ3) is 5.17. The van der Waals surface area contributed by atoms with Crippen molar-refractivity contribution >= 4 is 21.6 Å². The third-order valence-corrected chi connectivity index (χ3v) is 5.43. The standard InChI is InChI=1S/C21H19FN2O3S/c22-18-7-4-8-20(15-18)28(26,27)24-19-11-9-17(10-12-19)21(25)23-14-13-16-5-2-1-3-6-16/h1-12,15,24H,13-14H2,(H,23,25). The Hall–Kier alpha value is -3.19. The molecule has 0 unspecified atom stereocenters. The van der Waals surface area contributed by atoms with Crippen molar-refractivity contribution in [2.24, 2.45) is 0 Å². The highest BCUT2D eigenvalue weighted by molar-refractivity contribution is 7.92. The van der Waals surface area contributed by atoms with Crippen molar-refractivity contribution in [3.63, 3.8) is 0 Å². The number of nitrogens with one attached hydrogen (secondary N) is 2. The van der Waals surface area contributed by atoms with Gasteiger partial charge in [0.25, 0.3) is 15.9 Å². The van der Waals surface area contributed by atoms with Gasteiger partial charge in [-0.25, -0.2) is 12.8 Å². The van der Waals surface area contributed by atoms with E-state index in [1.165, 1.54) is 42.5 Å². The first-order valence-corrected chi connectivity index (χ1v) is 10.1. The fourth-order valence-corrected chi connectivity index (χ4v) is 3.69. The number of anilines is 1. The third-order valence-electron chi connectivity index (χ3n) is 4.05. The molecule has 0 atom stereocenters. The lowest BCUT2D eigenvalue weighted by Crippen LogP contribution is -2.25. The van der Waals surface area contributed by atoms with Crippen LogP contribution in [0.4, 0.5) is 10.1 Å². The molecule has 2 N–H and O–H groups in total. The number of hydrogen-bond donors (Lipinski definition) is 2. The maximum absolute atomic E-state index is 13.3. The zero-order chi connectivity index (χ0) is 20.0. The number of carbonyl (C=O) groups excluding carboxylic acids is 1. The molecule has 0 fully saturated rings. The molecule has 0 aliphatic carbocycles. The van der Waals surface area contributed by atoms with Crippen LogP contribution in [0.2, 0.25) is 0 Å². The number of benzene rings is 3. The minimum Gasteiger partial charge on any atom is -0.352 e. The number of halogens is 1. The molecule has 144 valence electrons. The Morgan fingerprint density at radius 1 is 0.893 bits per heavy atom. The Morgan fingerprint density at radius 3 is 2.29 bits per heavy atom. The van der Waals surface area contributed by atoms with Gasteiger partial charge in [-0.05, 0) is 54.4 Å². The molecule has 0 aliphatic rings. The summed E-state index contributed by atoms with van der Waals surface area (Å²) < 4.78 is 40.2. The van der Waals surface area contributed by atoms with Crippen LogP contribution < -0.4 is 10.0 Å². The average Bonchev–Trinajstić information content (AvgIpc) is 2.69. The number of sulfonamides is 1. The van der Waals surface area contributed by atoms with E-state index in [9.17, 15) is 17.6 Å². The lowest BCUT2D eigenvalue weighted by Gasteiger charge is -2.09. The first-order valence-electron chi connectivity index (χ1n) is 8.65. The molecule has 0 spiro atoms. The van der Waals surface area contributed by atoms with Crippen molar-refractivity contribution in [2.75, 3.05) is 11.3 Å². The highest BCUT2D eigenvalue weighted by Crippen LogP contribution is 2.17. The van der Waals surface area contributed by atoms with Gasteiger partial charge in [0.05, 0.1) is 4.90 Å². The van der Waals surface area contributed by atoms with Crippen LogP contribution in [0.5, 0.6) is 0 Å². The molecule has 7 heteroatoms. The fraction of sp³-hybridized carbons (Fsp3) is 0.0952. The second-order valence-corrected chi connectivity index (χ2v) is 7.81. The van der Waals surface area contributed by atoms with Crippen LogP contribution in [0.3, 0.4) is 0 Å². The van der Waals surface area contributed by atoms with Gasteiger partial charge in [-0.2, -0.15) is 0 Å². The molecular formula is C21H19FN2O3S. The monoisotopic (exact) mass is 398 g/mol. The predicted octanol–water partition coefficient (Wildman–Crippen LogP) is 3.60. The second kappa shape index (κ2) is 8.67. The van der Waals surface area contributed by atoms with E-state index in [-0.39, 0.29) is 16.5 Å². The zero-order valence-corrected chi connectivity index (χ0v) is 15.7. The van der Waals surface area contributed by atoms with Gasteiger partial charge in [-0.15, -0.1) is 0 Å². The molecule has 0 saturated heterocycles. The van der Waals surface area contributed by atoms with E-state index in [0.29, 0.717) is 12.1 Å². The summed E-state index contributed by atoms with van der Waals surface area (Å²) in [4.78, 5) is 12.0. The lowest BCUT2D eigenvalue weighted by atomic mass is 10.1. The zero-order valence-electron chi connectivity index (χ0n) is 14.9. The molecule has 0 bridgehead atoms. The van der Waals surface area contributed by atoms with E-state index in [1.54, 1.807) is 0 Å². The highest BCUT2D eigenvalue weighted by Gasteiger charge is 2.15. The van der Waals surface area contributed by atoms with Crippen molar-refractivity contribution in [3.05, 3.63) is 95.8 Å². The summed E-state index contributed by atoms with van der Waals surface area (Å²) >= 11 is 0. The lowest BCUT2D eigenvalue weighted by molar-refractivity contribution is 0.0954. The molecule has 3 rings (SSSR count). The second-order valence-electron chi connectivity index (χ2n) is 6.13. The SMILES string of the molecule is O=C(NCCc1ccccc1)c1ccc(NS(=O)(=O)c2cccc(F)c2)cc1. The molecule has 0 aliphatic heterocycles. The molecule has 3 aromatic carbocycles. The Kier molecular flexibility index (Phi) is 6.06. The number of amides is 1. The van der Waals surface area contributed by atoms with E-state index in [1.807, 2.05) is 30.3 Å². The smallest absolute Gasteiger partial charge is 0.261 e. The van der Waals surface area contributed by atoms with E-state index < -0.39 is 15.8 Å². The molecule has 1 amide bonds. The van der Waals surface area contributed by atoms with Gasteiger partial charge < -0.3 is 5.32 Å². The summed E-state index contributed by atoms with van der Waals surface area (Å²) in [5, 5.41) is 2.83. The Morgan fingerprint density at radius 2 is 1.61 bits per heavy atom. The normalized spacial score (nSPS) is 11.0. The van der Waals surface area contributed by atoms with Crippen molar-refractivity contribution < 1.29 is 17.6 Å². The molecule has 3 aromatic rings. The average molecular weight is 398 g/mol. The quantitative estimate of drug-likeness (QED) is 0.639. The summed E-state index contributed by atoms with van der Waals surface area (Å²) in [6, 6.07) is 20.6. The Balaban J connectivity index is 1.59. The van der Waals surface area contributed by atoms with Gasteiger partial charge in [0.2, 0.25) is 0 Å². The maximum Gasteiger partial charge on any atom is 0.261 e. The van der Waals surface area contributed by atoms with Gasteiger partial charge in [-0.1, -0.05) is 36.4 Å². The molecule has 0 heterocycles. The van der Waals surface area contributed by atoms with Gasteiger partial charge in [0.15, 0.2) is 0 Å². The first-order chi connectivity index (χ1) is 13.4. The summed E-state index contributed by atoms with van der Waals surface area (Å²) in [6.45, 7) is 0.497.